The van der Waals surface area contributed by atoms with Crippen LogP contribution in [0, 0.1) is 0 Å². The highest BCUT2D eigenvalue weighted by atomic mass is 32.1. The van der Waals surface area contributed by atoms with Crippen molar-refractivity contribution in [3.05, 3.63) is 27.7 Å². The van der Waals surface area contributed by atoms with Gasteiger partial charge in [-0.1, -0.05) is 0 Å². The van der Waals surface area contributed by atoms with Gasteiger partial charge in [-0.2, -0.15) is 15.0 Å². The molecule has 0 saturated heterocycles. The largest absolute Gasteiger partial charge is 0.368 e. The van der Waals surface area contributed by atoms with E-state index in [1.54, 1.807) is 0 Å². The van der Waals surface area contributed by atoms with E-state index in [4.69, 9.17) is 5.73 Å². The van der Waals surface area contributed by atoms with Gasteiger partial charge < -0.3 is 10.6 Å². The van der Waals surface area contributed by atoms with Crippen molar-refractivity contribution in [1.29, 1.82) is 0 Å². The third-order valence-electron chi connectivity index (χ3n) is 3.82. The zero-order chi connectivity index (χ0) is 15.0. The van der Waals surface area contributed by atoms with Gasteiger partial charge in [-0.3, -0.25) is 4.90 Å². The summed E-state index contributed by atoms with van der Waals surface area (Å²) < 4.78 is 0. The van der Waals surface area contributed by atoms with Crippen molar-refractivity contribution in [2.75, 3.05) is 31.3 Å². The standard InChI is InChI=1S/C14H20N6S/c1-9(12-16-13(15)18-14(17-12)19(2)3)20-6-4-11-10(8-20)5-7-21-11/h5,7,9H,4,6,8H2,1-3H3,(H2,15,16,17,18)/t9-/m1/s1. The Balaban J connectivity index is 1.84. The first-order valence-electron chi connectivity index (χ1n) is 7.02. The number of nitrogens with zero attached hydrogens (tertiary/aromatic N) is 5. The van der Waals surface area contributed by atoms with Gasteiger partial charge in [-0.25, -0.2) is 0 Å². The first-order valence-corrected chi connectivity index (χ1v) is 7.90. The molecule has 7 heteroatoms. The summed E-state index contributed by atoms with van der Waals surface area (Å²) >= 11 is 1.85. The smallest absolute Gasteiger partial charge is 0.229 e. The van der Waals surface area contributed by atoms with Gasteiger partial charge in [-0.05, 0) is 30.4 Å². The Morgan fingerprint density at radius 3 is 2.90 bits per heavy atom. The van der Waals surface area contributed by atoms with Crippen LogP contribution in [0.2, 0.25) is 0 Å². The highest BCUT2D eigenvalue weighted by Gasteiger charge is 2.25. The summed E-state index contributed by atoms with van der Waals surface area (Å²) in [7, 11) is 3.81. The third-order valence-corrected chi connectivity index (χ3v) is 4.84. The fourth-order valence-electron chi connectivity index (χ4n) is 2.55. The lowest BCUT2D eigenvalue weighted by Crippen LogP contribution is -2.33. The van der Waals surface area contributed by atoms with Gasteiger partial charge >= 0.3 is 0 Å². The number of hydrogen-bond donors (Lipinski definition) is 1. The van der Waals surface area contributed by atoms with Gasteiger partial charge in [-0.15, -0.1) is 11.3 Å². The molecule has 0 aromatic carbocycles. The molecular formula is C14H20N6S. The predicted molar refractivity (Wildman–Crippen MR) is 85.4 cm³/mol. The van der Waals surface area contributed by atoms with Gasteiger partial charge in [0.15, 0.2) is 5.82 Å². The van der Waals surface area contributed by atoms with Crippen LogP contribution < -0.4 is 10.6 Å². The Labute approximate surface area is 128 Å². The van der Waals surface area contributed by atoms with Gasteiger partial charge in [0.05, 0.1) is 6.04 Å². The summed E-state index contributed by atoms with van der Waals surface area (Å²) in [6.07, 6.45) is 1.10. The SMILES string of the molecule is C[C@H](c1nc(N)nc(N(C)C)n1)N1CCc2sccc2C1. The van der Waals surface area contributed by atoms with Crippen molar-refractivity contribution in [2.45, 2.75) is 25.9 Å². The van der Waals surface area contributed by atoms with Crippen molar-refractivity contribution in [1.82, 2.24) is 19.9 Å². The van der Waals surface area contributed by atoms with E-state index in [1.165, 1.54) is 10.4 Å². The average molecular weight is 304 g/mol. The van der Waals surface area contributed by atoms with Crippen LogP contribution in [0.5, 0.6) is 0 Å². The summed E-state index contributed by atoms with van der Waals surface area (Å²) in [5.74, 6) is 1.63. The van der Waals surface area contributed by atoms with Crippen LogP contribution in [0.3, 0.4) is 0 Å². The zero-order valence-corrected chi connectivity index (χ0v) is 13.4. The van der Waals surface area contributed by atoms with Crippen LogP contribution in [0.15, 0.2) is 11.4 Å². The molecule has 1 aliphatic heterocycles. The maximum atomic E-state index is 5.82. The normalized spacial score (nSPS) is 16.5. The molecule has 3 heterocycles. The number of thiophene rings is 1. The number of rotatable bonds is 3. The van der Waals surface area contributed by atoms with E-state index in [2.05, 4.69) is 38.2 Å². The molecule has 0 bridgehead atoms. The Bertz CT molecular complexity index is 638. The molecule has 0 saturated carbocycles. The summed E-state index contributed by atoms with van der Waals surface area (Å²) in [5.41, 5.74) is 7.24. The summed E-state index contributed by atoms with van der Waals surface area (Å²) in [6, 6.07) is 2.34. The molecule has 1 atom stereocenters. The minimum atomic E-state index is 0.127. The molecule has 2 aromatic rings. The molecule has 2 aromatic heterocycles. The second-order valence-electron chi connectivity index (χ2n) is 5.51. The summed E-state index contributed by atoms with van der Waals surface area (Å²) in [4.78, 5) is 18.8. The van der Waals surface area contributed by atoms with E-state index in [0.717, 1.165) is 25.3 Å². The lowest BCUT2D eigenvalue weighted by molar-refractivity contribution is 0.186. The molecule has 0 radical (unpaired) electrons. The minimum absolute atomic E-state index is 0.127. The number of nitrogens with two attached hydrogens (primary N) is 1. The van der Waals surface area contributed by atoms with Crippen molar-refractivity contribution in [2.24, 2.45) is 0 Å². The molecular weight excluding hydrogens is 284 g/mol. The molecule has 1 aliphatic rings. The van der Waals surface area contributed by atoms with E-state index >= 15 is 0 Å². The quantitative estimate of drug-likeness (QED) is 0.930. The van der Waals surface area contributed by atoms with E-state index < -0.39 is 0 Å². The Morgan fingerprint density at radius 1 is 1.33 bits per heavy atom. The number of aromatic nitrogens is 3. The Morgan fingerprint density at radius 2 is 2.14 bits per heavy atom. The predicted octanol–water partition coefficient (Wildman–Crippen LogP) is 1.70. The highest BCUT2D eigenvalue weighted by molar-refractivity contribution is 7.10. The fourth-order valence-corrected chi connectivity index (χ4v) is 3.44. The first-order chi connectivity index (χ1) is 10.0. The molecule has 3 rings (SSSR count). The maximum Gasteiger partial charge on any atom is 0.229 e. The monoisotopic (exact) mass is 304 g/mol. The Kier molecular flexibility index (Phi) is 3.77. The second kappa shape index (κ2) is 5.57. The lowest BCUT2D eigenvalue weighted by atomic mass is 10.1. The van der Waals surface area contributed by atoms with E-state index in [9.17, 15) is 0 Å². The maximum absolute atomic E-state index is 5.82. The second-order valence-corrected chi connectivity index (χ2v) is 6.51. The van der Waals surface area contributed by atoms with E-state index in [-0.39, 0.29) is 12.0 Å². The summed E-state index contributed by atoms with van der Waals surface area (Å²) in [6.45, 7) is 4.10. The molecule has 0 spiro atoms. The molecule has 2 N–H and O–H groups in total. The molecule has 21 heavy (non-hydrogen) atoms. The molecule has 0 fully saturated rings. The number of anilines is 2. The molecule has 0 aliphatic carbocycles. The van der Waals surface area contributed by atoms with E-state index in [1.807, 2.05) is 30.3 Å². The molecule has 0 amide bonds. The Hall–Kier alpha value is -1.73. The van der Waals surface area contributed by atoms with Gasteiger partial charge in [0.2, 0.25) is 11.9 Å². The molecule has 112 valence electrons. The van der Waals surface area contributed by atoms with Crippen molar-refractivity contribution >= 4 is 23.2 Å². The lowest BCUT2D eigenvalue weighted by Gasteiger charge is -2.31. The topological polar surface area (TPSA) is 71.2 Å². The van der Waals surface area contributed by atoms with Crippen LogP contribution in [-0.4, -0.2) is 40.5 Å². The van der Waals surface area contributed by atoms with Gasteiger partial charge in [0, 0.05) is 32.1 Å². The zero-order valence-electron chi connectivity index (χ0n) is 12.6. The van der Waals surface area contributed by atoms with Crippen LogP contribution in [0.4, 0.5) is 11.9 Å². The average Bonchev–Trinajstić information content (AvgIpc) is 2.93. The van der Waals surface area contributed by atoms with Gasteiger partial charge in [0.1, 0.15) is 0 Å². The highest BCUT2D eigenvalue weighted by Crippen LogP contribution is 2.29. The number of hydrogen-bond acceptors (Lipinski definition) is 7. The van der Waals surface area contributed by atoms with Crippen LogP contribution in [0.1, 0.15) is 29.2 Å². The minimum Gasteiger partial charge on any atom is -0.368 e. The van der Waals surface area contributed by atoms with Crippen molar-refractivity contribution < 1.29 is 0 Å². The fraction of sp³-hybridized carbons (Fsp3) is 0.500. The van der Waals surface area contributed by atoms with Crippen LogP contribution in [-0.2, 0) is 13.0 Å². The summed E-state index contributed by atoms with van der Waals surface area (Å²) in [5, 5.41) is 2.17. The third kappa shape index (κ3) is 2.84. The number of nitrogen functional groups attached to an aromatic ring is 1. The molecule has 0 unspecified atom stereocenters. The van der Waals surface area contributed by atoms with E-state index in [0.29, 0.717) is 5.95 Å². The van der Waals surface area contributed by atoms with Crippen LogP contribution >= 0.6 is 11.3 Å². The van der Waals surface area contributed by atoms with Crippen molar-refractivity contribution in [3.8, 4) is 0 Å². The molecule has 6 nitrogen and oxygen atoms in total. The first kappa shape index (κ1) is 14.2. The van der Waals surface area contributed by atoms with Crippen molar-refractivity contribution in [3.63, 3.8) is 0 Å². The van der Waals surface area contributed by atoms with Gasteiger partial charge in [0.25, 0.3) is 0 Å². The van der Waals surface area contributed by atoms with Crippen LogP contribution in [0.25, 0.3) is 0 Å². The number of fused-ring (bicyclic) bond motifs is 1.